The fourth-order valence-electron chi connectivity index (χ4n) is 2.43. The highest BCUT2D eigenvalue weighted by molar-refractivity contribution is 5.85. The molecule has 0 amide bonds. The van der Waals surface area contributed by atoms with Crippen molar-refractivity contribution in [1.82, 2.24) is 4.57 Å². The minimum atomic E-state index is -0.409. The molecular weight excluding hydrogens is 234 g/mol. The Kier molecular flexibility index (Phi) is 3.10. The van der Waals surface area contributed by atoms with Crippen LogP contribution in [0.5, 0.6) is 0 Å². The summed E-state index contributed by atoms with van der Waals surface area (Å²) in [6.45, 7) is 2.62. The van der Waals surface area contributed by atoms with Crippen molar-refractivity contribution in [2.75, 3.05) is 0 Å². The van der Waals surface area contributed by atoms with Gasteiger partial charge in [0, 0.05) is 18.9 Å². The lowest BCUT2D eigenvalue weighted by atomic mass is 10.0. The van der Waals surface area contributed by atoms with E-state index in [1.807, 2.05) is 18.5 Å². The standard InChI is InChI=1S/C17H17NO/c1-13(19)15-9-10-18(11-15)12-16-7-4-6-14-5-2-3-8-17(14)16/h2-11,13,19H,12H2,1H3. The van der Waals surface area contributed by atoms with Crippen LogP contribution in [-0.4, -0.2) is 9.67 Å². The normalized spacial score (nSPS) is 12.7. The van der Waals surface area contributed by atoms with Crippen LogP contribution in [0.1, 0.15) is 24.2 Å². The molecule has 0 aliphatic carbocycles. The molecule has 1 unspecified atom stereocenters. The van der Waals surface area contributed by atoms with Gasteiger partial charge in [0.05, 0.1) is 6.10 Å². The maximum Gasteiger partial charge on any atom is 0.0776 e. The van der Waals surface area contributed by atoms with Crippen LogP contribution in [0.15, 0.2) is 60.9 Å². The maximum absolute atomic E-state index is 9.56. The Balaban J connectivity index is 1.96. The molecule has 0 spiro atoms. The maximum atomic E-state index is 9.56. The van der Waals surface area contributed by atoms with Crippen LogP contribution in [0.25, 0.3) is 10.8 Å². The Labute approximate surface area is 112 Å². The van der Waals surface area contributed by atoms with Crippen molar-refractivity contribution in [3.8, 4) is 0 Å². The minimum Gasteiger partial charge on any atom is -0.389 e. The molecule has 0 bridgehead atoms. The molecule has 2 heteroatoms. The van der Waals surface area contributed by atoms with E-state index in [2.05, 4.69) is 47.0 Å². The molecular formula is C17H17NO. The third-order valence-electron chi connectivity index (χ3n) is 3.49. The first-order valence-electron chi connectivity index (χ1n) is 6.54. The first-order valence-corrected chi connectivity index (χ1v) is 6.54. The topological polar surface area (TPSA) is 25.2 Å². The number of aliphatic hydroxyl groups is 1. The van der Waals surface area contributed by atoms with Crippen molar-refractivity contribution in [2.24, 2.45) is 0 Å². The van der Waals surface area contributed by atoms with E-state index in [1.54, 1.807) is 6.92 Å². The van der Waals surface area contributed by atoms with Crippen LogP contribution in [0.2, 0.25) is 0 Å². The van der Waals surface area contributed by atoms with Crippen LogP contribution in [0, 0.1) is 0 Å². The Morgan fingerprint density at radius 2 is 1.84 bits per heavy atom. The summed E-state index contributed by atoms with van der Waals surface area (Å²) in [4.78, 5) is 0. The fraction of sp³-hybridized carbons (Fsp3) is 0.176. The molecule has 0 aliphatic heterocycles. The van der Waals surface area contributed by atoms with Gasteiger partial charge in [-0.15, -0.1) is 0 Å². The van der Waals surface area contributed by atoms with Crippen LogP contribution < -0.4 is 0 Å². The zero-order chi connectivity index (χ0) is 13.2. The summed E-state index contributed by atoms with van der Waals surface area (Å²) in [6, 6.07) is 16.8. The number of aromatic nitrogens is 1. The van der Waals surface area contributed by atoms with Gasteiger partial charge in [-0.3, -0.25) is 0 Å². The van der Waals surface area contributed by atoms with E-state index in [0.717, 1.165) is 12.1 Å². The summed E-state index contributed by atoms with van der Waals surface area (Å²) in [5.74, 6) is 0. The lowest BCUT2D eigenvalue weighted by Crippen LogP contribution is -1.97. The van der Waals surface area contributed by atoms with E-state index < -0.39 is 6.10 Å². The minimum absolute atomic E-state index is 0.409. The highest BCUT2D eigenvalue weighted by atomic mass is 16.3. The zero-order valence-corrected chi connectivity index (χ0v) is 11.0. The molecule has 96 valence electrons. The van der Waals surface area contributed by atoms with Gasteiger partial charge in [0.2, 0.25) is 0 Å². The van der Waals surface area contributed by atoms with Gasteiger partial charge < -0.3 is 9.67 Å². The van der Waals surface area contributed by atoms with Crippen LogP contribution in [0.3, 0.4) is 0 Å². The van der Waals surface area contributed by atoms with Crippen molar-refractivity contribution in [2.45, 2.75) is 19.6 Å². The van der Waals surface area contributed by atoms with E-state index in [0.29, 0.717) is 0 Å². The Bertz CT molecular complexity index is 692. The highest BCUT2D eigenvalue weighted by Gasteiger charge is 2.05. The molecule has 0 fully saturated rings. The van der Waals surface area contributed by atoms with Crippen molar-refractivity contribution in [1.29, 1.82) is 0 Å². The summed E-state index contributed by atoms with van der Waals surface area (Å²) in [6.07, 6.45) is 3.62. The summed E-state index contributed by atoms with van der Waals surface area (Å²) in [5.41, 5.74) is 2.26. The fourth-order valence-corrected chi connectivity index (χ4v) is 2.43. The number of rotatable bonds is 3. The van der Waals surface area contributed by atoms with Gasteiger partial charge >= 0.3 is 0 Å². The molecule has 0 saturated heterocycles. The quantitative estimate of drug-likeness (QED) is 0.753. The number of fused-ring (bicyclic) bond motifs is 1. The van der Waals surface area contributed by atoms with E-state index in [-0.39, 0.29) is 0 Å². The van der Waals surface area contributed by atoms with Gasteiger partial charge in [-0.1, -0.05) is 42.5 Å². The predicted molar refractivity (Wildman–Crippen MR) is 78.1 cm³/mol. The van der Waals surface area contributed by atoms with Gasteiger partial charge in [0.15, 0.2) is 0 Å². The van der Waals surface area contributed by atoms with Crippen LogP contribution in [0.4, 0.5) is 0 Å². The molecule has 19 heavy (non-hydrogen) atoms. The van der Waals surface area contributed by atoms with Gasteiger partial charge in [-0.05, 0) is 34.9 Å². The van der Waals surface area contributed by atoms with E-state index >= 15 is 0 Å². The SMILES string of the molecule is CC(O)c1ccn(Cc2cccc3ccccc23)c1. The smallest absolute Gasteiger partial charge is 0.0776 e. The second-order valence-electron chi connectivity index (χ2n) is 4.93. The second-order valence-corrected chi connectivity index (χ2v) is 4.93. The van der Waals surface area contributed by atoms with Crippen molar-refractivity contribution in [3.05, 3.63) is 72.1 Å². The number of nitrogens with zero attached hydrogens (tertiary/aromatic N) is 1. The molecule has 0 radical (unpaired) electrons. The largest absolute Gasteiger partial charge is 0.389 e. The van der Waals surface area contributed by atoms with Gasteiger partial charge in [-0.2, -0.15) is 0 Å². The molecule has 3 aromatic rings. The van der Waals surface area contributed by atoms with E-state index in [4.69, 9.17) is 0 Å². The average molecular weight is 251 g/mol. The number of aliphatic hydroxyl groups excluding tert-OH is 1. The van der Waals surface area contributed by atoms with Gasteiger partial charge in [0.25, 0.3) is 0 Å². The molecule has 0 saturated carbocycles. The summed E-state index contributed by atoms with van der Waals surface area (Å²) < 4.78 is 2.11. The Morgan fingerprint density at radius 3 is 2.63 bits per heavy atom. The van der Waals surface area contributed by atoms with Gasteiger partial charge in [-0.25, -0.2) is 0 Å². The lowest BCUT2D eigenvalue weighted by molar-refractivity contribution is 0.199. The summed E-state index contributed by atoms with van der Waals surface area (Å²) in [7, 11) is 0. The van der Waals surface area contributed by atoms with Gasteiger partial charge in [0.1, 0.15) is 0 Å². The van der Waals surface area contributed by atoms with E-state index in [1.165, 1.54) is 16.3 Å². The monoisotopic (exact) mass is 251 g/mol. The first kappa shape index (κ1) is 12.0. The molecule has 1 N–H and O–H groups in total. The van der Waals surface area contributed by atoms with Crippen LogP contribution >= 0.6 is 0 Å². The summed E-state index contributed by atoms with van der Waals surface area (Å²) in [5, 5.41) is 12.1. The van der Waals surface area contributed by atoms with Crippen molar-refractivity contribution in [3.63, 3.8) is 0 Å². The first-order chi connectivity index (χ1) is 9.24. The predicted octanol–water partition coefficient (Wildman–Crippen LogP) is 3.74. The zero-order valence-electron chi connectivity index (χ0n) is 11.0. The Morgan fingerprint density at radius 1 is 1.05 bits per heavy atom. The van der Waals surface area contributed by atoms with Crippen LogP contribution in [-0.2, 0) is 6.54 Å². The number of hydrogen-bond acceptors (Lipinski definition) is 1. The number of benzene rings is 2. The summed E-state index contributed by atoms with van der Waals surface area (Å²) >= 11 is 0. The highest BCUT2D eigenvalue weighted by Crippen LogP contribution is 2.20. The molecule has 0 aliphatic rings. The molecule has 1 aromatic heterocycles. The van der Waals surface area contributed by atoms with E-state index in [9.17, 15) is 5.11 Å². The third kappa shape index (κ3) is 2.40. The number of hydrogen-bond donors (Lipinski definition) is 1. The van der Waals surface area contributed by atoms with Crippen molar-refractivity contribution < 1.29 is 5.11 Å². The van der Waals surface area contributed by atoms with Crippen molar-refractivity contribution >= 4 is 10.8 Å². The second kappa shape index (κ2) is 4.90. The molecule has 2 aromatic carbocycles. The lowest BCUT2D eigenvalue weighted by Gasteiger charge is -2.08. The molecule has 1 atom stereocenters. The third-order valence-corrected chi connectivity index (χ3v) is 3.49. The molecule has 3 rings (SSSR count). The Hall–Kier alpha value is -2.06. The molecule has 2 nitrogen and oxygen atoms in total. The molecule has 1 heterocycles. The average Bonchev–Trinajstić information content (AvgIpc) is 2.88.